The van der Waals surface area contributed by atoms with Gasteiger partial charge in [0.15, 0.2) is 0 Å². The van der Waals surface area contributed by atoms with Crippen LogP contribution in [-0.4, -0.2) is 30.7 Å². The minimum absolute atomic E-state index is 0.645. The summed E-state index contributed by atoms with van der Waals surface area (Å²) in [5.74, 6) is 1.54. The molecule has 20 heavy (non-hydrogen) atoms. The second kappa shape index (κ2) is 7.45. The maximum absolute atomic E-state index is 5.14. The molecule has 0 amide bonds. The van der Waals surface area contributed by atoms with Crippen LogP contribution in [0.3, 0.4) is 0 Å². The van der Waals surface area contributed by atoms with Gasteiger partial charge < -0.3 is 15.4 Å². The van der Waals surface area contributed by atoms with Crippen LogP contribution >= 0.6 is 0 Å². The molecular weight excluding hydrogens is 252 g/mol. The van der Waals surface area contributed by atoms with Gasteiger partial charge in [-0.1, -0.05) is 12.1 Å². The standard InChI is InChI=1S/C15H20N4O/c1-16-15-18-10-13(11-19-15)9-17-8-7-12-3-5-14(20-2)6-4-12/h3-6,10-11,17H,7-9H2,1-2H3,(H,16,18,19). The minimum Gasteiger partial charge on any atom is -0.497 e. The molecule has 0 fully saturated rings. The van der Waals surface area contributed by atoms with Gasteiger partial charge in [0.2, 0.25) is 5.95 Å². The van der Waals surface area contributed by atoms with Gasteiger partial charge in [-0.25, -0.2) is 9.97 Å². The summed E-state index contributed by atoms with van der Waals surface area (Å²) in [7, 11) is 3.49. The maximum Gasteiger partial charge on any atom is 0.222 e. The number of rotatable bonds is 7. The monoisotopic (exact) mass is 272 g/mol. The van der Waals surface area contributed by atoms with Gasteiger partial charge in [-0.15, -0.1) is 0 Å². The van der Waals surface area contributed by atoms with Gasteiger partial charge in [-0.2, -0.15) is 0 Å². The Hall–Kier alpha value is -2.14. The lowest BCUT2D eigenvalue weighted by atomic mass is 10.1. The Labute approximate surface area is 119 Å². The van der Waals surface area contributed by atoms with E-state index in [0.717, 1.165) is 30.8 Å². The third-order valence-corrected chi connectivity index (χ3v) is 3.01. The van der Waals surface area contributed by atoms with Crippen LogP contribution in [0, 0.1) is 0 Å². The second-order valence-corrected chi connectivity index (χ2v) is 4.44. The summed E-state index contributed by atoms with van der Waals surface area (Å²) < 4.78 is 5.14. The van der Waals surface area contributed by atoms with Crippen LogP contribution in [0.5, 0.6) is 5.75 Å². The number of anilines is 1. The summed E-state index contributed by atoms with van der Waals surface area (Å²) in [6.45, 7) is 1.69. The highest BCUT2D eigenvalue weighted by molar-refractivity contribution is 5.27. The van der Waals surface area contributed by atoms with Gasteiger partial charge in [0.25, 0.3) is 0 Å². The normalized spacial score (nSPS) is 10.3. The van der Waals surface area contributed by atoms with Gasteiger partial charge in [-0.05, 0) is 30.7 Å². The number of nitrogens with one attached hydrogen (secondary N) is 2. The Balaban J connectivity index is 1.72. The van der Waals surface area contributed by atoms with Gasteiger partial charge in [0.1, 0.15) is 5.75 Å². The fraction of sp³-hybridized carbons (Fsp3) is 0.333. The molecular formula is C15H20N4O. The van der Waals surface area contributed by atoms with Crippen molar-refractivity contribution in [1.29, 1.82) is 0 Å². The van der Waals surface area contributed by atoms with Gasteiger partial charge >= 0.3 is 0 Å². The molecule has 5 heteroatoms. The zero-order chi connectivity index (χ0) is 14.2. The minimum atomic E-state index is 0.645. The quantitative estimate of drug-likeness (QED) is 0.753. The molecule has 0 saturated heterocycles. The highest BCUT2D eigenvalue weighted by Gasteiger charge is 1.97. The summed E-state index contributed by atoms with van der Waals surface area (Å²) in [6.07, 6.45) is 4.65. The summed E-state index contributed by atoms with van der Waals surface area (Å²) in [6, 6.07) is 8.15. The van der Waals surface area contributed by atoms with E-state index in [0.29, 0.717) is 5.95 Å². The smallest absolute Gasteiger partial charge is 0.222 e. The van der Waals surface area contributed by atoms with E-state index in [9.17, 15) is 0 Å². The average molecular weight is 272 g/mol. The molecule has 5 nitrogen and oxygen atoms in total. The van der Waals surface area contributed by atoms with Gasteiger partial charge in [0.05, 0.1) is 7.11 Å². The topological polar surface area (TPSA) is 59.1 Å². The molecule has 0 aliphatic rings. The van der Waals surface area contributed by atoms with Gasteiger partial charge in [0, 0.05) is 31.5 Å². The third-order valence-electron chi connectivity index (χ3n) is 3.01. The van der Waals surface area contributed by atoms with Crippen LogP contribution in [-0.2, 0) is 13.0 Å². The first-order valence-corrected chi connectivity index (χ1v) is 6.64. The van der Waals surface area contributed by atoms with E-state index in [1.807, 2.05) is 31.6 Å². The van der Waals surface area contributed by atoms with E-state index in [2.05, 4.69) is 32.7 Å². The van der Waals surface area contributed by atoms with E-state index in [-0.39, 0.29) is 0 Å². The number of benzene rings is 1. The Morgan fingerprint density at radius 2 is 1.75 bits per heavy atom. The fourth-order valence-electron chi connectivity index (χ4n) is 1.83. The zero-order valence-electron chi connectivity index (χ0n) is 11.9. The highest BCUT2D eigenvalue weighted by atomic mass is 16.5. The molecule has 106 valence electrons. The summed E-state index contributed by atoms with van der Waals surface area (Å²) in [5.41, 5.74) is 2.37. The van der Waals surface area contributed by atoms with Crippen molar-refractivity contribution in [2.75, 3.05) is 26.0 Å². The molecule has 0 atom stereocenters. The molecule has 0 aliphatic carbocycles. The van der Waals surface area contributed by atoms with Crippen LogP contribution in [0.2, 0.25) is 0 Å². The van der Waals surface area contributed by atoms with Crippen molar-refractivity contribution in [3.8, 4) is 5.75 Å². The van der Waals surface area contributed by atoms with Crippen molar-refractivity contribution in [3.05, 3.63) is 47.8 Å². The third kappa shape index (κ3) is 4.20. The van der Waals surface area contributed by atoms with Crippen molar-refractivity contribution >= 4 is 5.95 Å². The fourth-order valence-corrected chi connectivity index (χ4v) is 1.83. The predicted octanol–water partition coefficient (Wildman–Crippen LogP) is 1.86. The van der Waals surface area contributed by atoms with Crippen LogP contribution in [0.25, 0.3) is 0 Å². The predicted molar refractivity (Wildman–Crippen MR) is 80.0 cm³/mol. The molecule has 0 spiro atoms. The molecule has 1 aromatic carbocycles. The van der Waals surface area contributed by atoms with Crippen LogP contribution in [0.15, 0.2) is 36.7 Å². The Morgan fingerprint density at radius 3 is 2.35 bits per heavy atom. The number of methoxy groups -OCH3 is 1. The molecule has 1 aromatic heterocycles. The second-order valence-electron chi connectivity index (χ2n) is 4.44. The zero-order valence-corrected chi connectivity index (χ0v) is 11.9. The largest absolute Gasteiger partial charge is 0.497 e. The molecule has 0 bridgehead atoms. The van der Waals surface area contributed by atoms with Crippen molar-refractivity contribution < 1.29 is 4.74 Å². The highest BCUT2D eigenvalue weighted by Crippen LogP contribution is 2.11. The molecule has 0 unspecified atom stereocenters. The van der Waals surface area contributed by atoms with E-state index < -0.39 is 0 Å². The van der Waals surface area contributed by atoms with Gasteiger partial charge in [-0.3, -0.25) is 0 Å². The first-order valence-electron chi connectivity index (χ1n) is 6.64. The van der Waals surface area contributed by atoms with Crippen molar-refractivity contribution in [2.24, 2.45) is 0 Å². The molecule has 0 saturated carbocycles. The lowest BCUT2D eigenvalue weighted by molar-refractivity contribution is 0.414. The summed E-state index contributed by atoms with van der Waals surface area (Å²) in [5, 5.41) is 6.28. The first-order chi connectivity index (χ1) is 9.81. The van der Waals surface area contributed by atoms with E-state index in [1.54, 1.807) is 7.11 Å². The molecule has 2 aromatic rings. The Kier molecular flexibility index (Phi) is 5.32. The summed E-state index contributed by atoms with van der Waals surface area (Å²) >= 11 is 0. The van der Waals surface area contributed by atoms with Crippen molar-refractivity contribution in [3.63, 3.8) is 0 Å². The number of nitrogens with zero attached hydrogens (tertiary/aromatic N) is 2. The van der Waals surface area contributed by atoms with E-state index >= 15 is 0 Å². The number of aromatic nitrogens is 2. The number of hydrogen-bond donors (Lipinski definition) is 2. The Bertz CT molecular complexity index is 461. The molecule has 0 radical (unpaired) electrons. The average Bonchev–Trinajstić information content (AvgIpc) is 2.53. The van der Waals surface area contributed by atoms with Crippen LogP contribution in [0.4, 0.5) is 5.95 Å². The van der Waals surface area contributed by atoms with Crippen LogP contribution < -0.4 is 15.4 Å². The number of hydrogen-bond acceptors (Lipinski definition) is 5. The lowest BCUT2D eigenvalue weighted by Crippen LogP contribution is -2.17. The van der Waals surface area contributed by atoms with E-state index in [1.165, 1.54) is 5.56 Å². The maximum atomic E-state index is 5.14. The van der Waals surface area contributed by atoms with E-state index in [4.69, 9.17) is 4.74 Å². The Morgan fingerprint density at radius 1 is 1.05 bits per heavy atom. The van der Waals surface area contributed by atoms with Crippen LogP contribution in [0.1, 0.15) is 11.1 Å². The molecule has 1 heterocycles. The molecule has 2 N–H and O–H groups in total. The number of ether oxygens (including phenoxy) is 1. The van der Waals surface area contributed by atoms with Crippen molar-refractivity contribution in [2.45, 2.75) is 13.0 Å². The lowest BCUT2D eigenvalue weighted by Gasteiger charge is -2.06. The molecule has 2 rings (SSSR count). The first kappa shape index (κ1) is 14.3. The summed E-state index contributed by atoms with van der Waals surface area (Å²) in [4.78, 5) is 8.35. The molecule has 0 aliphatic heterocycles. The SMILES string of the molecule is CNc1ncc(CNCCc2ccc(OC)cc2)cn1. The van der Waals surface area contributed by atoms with Crippen molar-refractivity contribution in [1.82, 2.24) is 15.3 Å².